The summed E-state index contributed by atoms with van der Waals surface area (Å²) < 4.78 is 5.75. The van der Waals surface area contributed by atoms with Crippen molar-refractivity contribution in [2.24, 2.45) is 0 Å². The summed E-state index contributed by atoms with van der Waals surface area (Å²) >= 11 is 0. The molecular formula is C36H37N5O2. The molecule has 0 amide bonds. The average molecular weight is 572 g/mol. The van der Waals surface area contributed by atoms with Crippen molar-refractivity contribution in [1.29, 1.82) is 0 Å². The number of fused-ring (bicyclic) bond motifs is 4. The number of hydrogen-bond donors (Lipinski definition) is 2. The molecular weight excluding hydrogens is 534 g/mol. The molecule has 0 spiro atoms. The lowest BCUT2D eigenvalue weighted by molar-refractivity contribution is -0.148. The van der Waals surface area contributed by atoms with Crippen LogP contribution in [0.25, 0.3) is 44.7 Å². The maximum atomic E-state index is 10.7. The van der Waals surface area contributed by atoms with Gasteiger partial charge in [0.15, 0.2) is 5.65 Å². The first kappa shape index (κ1) is 26.7. The number of morpholine rings is 1. The molecule has 7 heteroatoms. The summed E-state index contributed by atoms with van der Waals surface area (Å²) in [5.41, 5.74) is 9.50. The lowest BCUT2D eigenvalue weighted by Crippen LogP contribution is -2.66. The molecule has 2 aliphatic heterocycles. The van der Waals surface area contributed by atoms with Gasteiger partial charge in [0, 0.05) is 58.2 Å². The second-order valence-electron chi connectivity index (χ2n) is 13.0. The molecule has 8 rings (SSSR count). The summed E-state index contributed by atoms with van der Waals surface area (Å²) in [4.78, 5) is 12.1. The molecule has 2 saturated heterocycles. The van der Waals surface area contributed by atoms with E-state index >= 15 is 0 Å². The highest BCUT2D eigenvalue weighted by Crippen LogP contribution is 2.38. The number of ether oxygens (including phenoxy) is 1. The fraction of sp³-hybridized carbons (Fsp3) is 0.361. The van der Waals surface area contributed by atoms with Crippen LogP contribution in [0.5, 0.6) is 0 Å². The van der Waals surface area contributed by atoms with E-state index in [1.54, 1.807) is 20.0 Å². The summed E-state index contributed by atoms with van der Waals surface area (Å²) in [6, 6.07) is 23.2. The van der Waals surface area contributed by atoms with Gasteiger partial charge in [0.1, 0.15) is 5.69 Å². The zero-order chi connectivity index (χ0) is 29.1. The summed E-state index contributed by atoms with van der Waals surface area (Å²) in [7, 11) is 0. The first-order valence-corrected chi connectivity index (χ1v) is 15.5. The Morgan fingerprint density at radius 1 is 0.814 bits per heavy atom. The van der Waals surface area contributed by atoms with E-state index in [0.717, 1.165) is 70.7 Å². The number of aliphatic hydroxyl groups is 1. The van der Waals surface area contributed by atoms with E-state index in [1.165, 1.54) is 36.0 Å². The van der Waals surface area contributed by atoms with Gasteiger partial charge in [-0.2, -0.15) is 5.10 Å². The highest BCUT2D eigenvalue weighted by molar-refractivity contribution is 5.93. The molecule has 3 aromatic heterocycles. The highest BCUT2D eigenvalue weighted by atomic mass is 16.5. The van der Waals surface area contributed by atoms with Crippen molar-refractivity contribution in [3.63, 3.8) is 0 Å². The smallest absolute Gasteiger partial charge is 0.155 e. The van der Waals surface area contributed by atoms with E-state index < -0.39 is 5.60 Å². The topological polar surface area (TPSA) is 87.2 Å². The van der Waals surface area contributed by atoms with Gasteiger partial charge in [0.25, 0.3) is 0 Å². The SMILES string of the molecule is CC(C)(O)c1cccnc1-c1ccc(-c2n[nH]c3ncc(-c4ccc5c(c4)CC[C@@H](N4C6COCC4C6)CC5)cc23)cc1. The quantitative estimate of drug-likeness (QED) is 0.241. The molecule has 5 heterocycles. The number of hydrogen-bond acceptors (Lipinski definition) is 6. The van der Waals surface area contributed by atoms with E-state index in [-0.39, 0.29) is 0 Å². The Kier molecular flexibility index (Phi) is 6.44. The minimum absolute atomic E-state index is 0.638. The van der Waals surface area contributed by atoms with Crippen LogP contribution in [0.4, 0.5) is 0 Å². The van der Waals surface area contributed by atoms with Crippen LogP contribution in [-0.2, 0) is 23.2 Å². The van der Waals surface area contributed by atoms with E-state index in [0.29, 0.717) is 18.1 Å². The summed E-state index contributed by atoms with van der Waals surface area (Å²) in [6.07, 6.45) is 9.76. The number of benzene rings is 2. The van der Waals surface area contributed by atoms with E-state index in [1.807, 2.05) is 30.5 Å². The predicted octanol–water partition coefficient (Wildman–Crippen LogP) is 6.30. The maximum Gasteiger partial charge on any atom is 0.155 e. The third-order valence-corrected chi connectivity index (χ3v) is 9.78. The van der Waals surface area contributed by atoms with Crippen molar-refractivity contribution in [3.8, 4) is 33.6 Å². The number of aromatic nitrogens is 4. The lowest BCUT2D eigenvalue weighted by atomic mass is 9.87. The molecule has 7 nitrogen and oxygen atoms in total. The number of H-pyrrole nitrogens is 1. The Bertz CT molecular complexity index is 1790. The Hall–Kier alpha value is -3.91. The molecule has 2 N–H and O–H groups in total. The molecule has 218 valence electrons. The van der Waals surface area contributed by atoms with Crippen molar-refractivity contribution < 1.29 is 9.84 Å². The van der Waals surface area contributed by atoms with Gasteiger partial charge >= 0.3 is 0 Å². The monoisotopic (exact) mass is 571 g/mol. The van der Waals surface area contributed by atoms with Crippen molar-refractivity contribution in [2.45, 2.75) is 69.7 Å². The van der Waals surface area contributed by atoms with Crippen LogP contribution in [-0.4, -0.2) is 61.5 Å². The Labute approximate surface area is 252 Å². The summed E-state index contributed by atoms with van der Waals surface area (Å²) in [5.74, 6) is 0. The van der Waals surface area contributed by atoms with Crippen molar-refractivity contribution in [3.05, 3.63) is 89.7 Å². The van der Waals surface area contributed by atoms with E-state index in [9.17, 15) is 5.11 Å². The Morgan fingerprint density at radius 2 is 1.53 bits per heavy atom. The van der Waals surface area contributed by atoms with Crippen LogP contribution in [0.15, 0.2) is 73.1 Å². The standard InChI is InChI=1S/C36H37N5O2/c1-36(2,42)32-4-3-15-37-34(32)24-8-6-23(7-9-24)33-31-17-27(19-38-35(31)40-39-33)26-10-5-22-11-13-28(14-12-25(22)16-26)41-29-18-30(41)21-43-20-29/h3-10,15-17,19,28-30,42H,11-14,18,20-21H2,1-2H3,(H,38,39,40)/t28-,29?,30?/m0/s1. The van der Waals surface area contributed by atoms with Crippen LogP contribution < -0.4 is 0 Å². The third-order valence-electron chi connectivity index (χ3n) is 9.78. The number of pyridine rings is 2. The molecule has 2 aromatic carbocycles. The molecule has 2 bridgehead atoms. The Balaban J connectivity index is 1.06. The van der Waals surface area contributed by atoms with Crippen LogP contribution in [0.2, 0.25) is 0 Å². The number of nitrogens with zero attached hydrogens (tertiary/aromatic N) is 4. The molecule has 0 saturated carbocycles. The maximum absolute atomic E-state index is 10.7. The zero-order valence-corrected chi connectivity index (χ0v) is 24.8. The summed E-state index contributed by atoms with van der Waals surface area (Å²) in [6.45, 7) is 5.40. The number of aryl methyl sites for hydroxylation is 2. The first-order valence-electron chi connectivity index (χ1n) is 15.5. The largest absolute Gasteiger partial charge is 0.386 e. The van der Waals surface area contributed by atoms with Gasteiger partial charge in [0.2, 0.25) is 0 Å². The average Bonchev–Trinajstić information content (AvgIpc) is 3.35. The highest BCUT2D eigenvalue weighted by Gasteiger charge is 2.45. The fourth-order valence-corrected chi connectivity index (χ4v) is 7.53. The predicted molar refractivity (Wildman–Crippen MR) is 169 cm³/mol. The first-order chi connectivity index (χ1) is 20.9. The fourth-order valence-electron chi connectivity index (χ4n) is 7.53. The zero-order valence-electron chi connectivity index (χ0n) is 24.8. The molecule has 2 unspecified atom stereocenters. The minimum Gasteiger partial charge on any atom is -0.386 e. The van der Waals surface area contributed by atoms with Gasteiger partial charge in [-0.3, -0.25) is 15.0 Å². The van der Waals surface area contributed by atoms with Crippen molar-refractivity contribution in [1.82, 2.24) is 25.1 Å². The van der Waals surface area contributed by atoms with Gasteiger partial charge in [-0.15, -0.1) is 0 Å². The molecule has 3 atom stereocenters. The number of rotatable bonds is 5. The van der Waals surface area contributed by atoms with E-state index in [2.05, 4.69) is 56.5 Å². The molecule has 3 aliphatic rings. The number of nitrogens with one attached hydrogen (secondary N) is 1. The van der Waals surface area contributed by atoms with Crippen molar-refractivity contribution >= 4 is 11.0 Å². The second-order valence-corrected chi connectivity index (χ2v) is 13.0. The summed E-state index contributed by atoms with van der Waals surface area (Å²) in [5, 5.41) is 19.4. The molecule has 2 fully saturated rings. The van der Waals surface area contributed by atoms with Crippen LogP contribution in [0.1, 0.15) is 49.8 Å². The van der Waals surface area contributed by atoms with Crippen LogP contribution in [0, 0.1) is 0 Å². The normalized spacial score (nSPS) is 22.2. The van der Waals surface area contributed by atoms with Gasteiger partial charge < -0.3 is 9.84 Å². The van der Waals surface area contributed by atoms with Gasteiger partial charge in [-0.05, 0) is 74.8 Å². The van der Waals surface area contributed by atoms with Crippen molar-refractivity contribution in [2.75, 3.05) is 13.2 Å². The van der Waals surface area contributed by atoms with Gasteiger partial charge in [-0.25, -0.2) is 4.98 Å². The molecule has 5 aromatic rings. The third kappa shape index (κ3) is 4.76. The second kappa shape index (κ2) is 10.4. The Morgan fingerprint density at radius 3 is 2.28 bits per heavy atom. The number of aromatic amines is 1. The van der Waals surface area contributed by atoms with Gasteiger partial charge in [-0.1, -0.05) is 48.5 Å². The molecule has 1 aliphatic carbocycles. The molecule has 43 heavy (non-hydrogen) atoms. The van der Waals surface area contributed by atoms with Crippen LogP contribution >= 0.6 is 0 Å². The lowest BCUT2D eigenvalue weighted by Gasteiger charge is -2.56. The molecule has 0 radical (unpaired) electrons. The van der Waals surface area contributed by atoms with Gasteiger partial charge in [0.05, 0.1) is 24.5 Å². The van der Waals surface area contributed by atoms with Crippen LogP contribution in [0.3, 0.4) is 0 Å². The minimum atomic E-state index is -0.983. The van der Waals surface area contributed by atoms with E-state index in [4.69, 9.17) is 9.72 Å².